The van der Waals surface area contributed by atoms with Crippen LogP contribution in [0.25, 0.3) is 5.69 Å². The van der Waals surface area contributed by atoms with Crippen LogP contribution in [-0.4, -0.2) is 21.2 Å². The lowest BCUT2D eigenvalue weighted by molar-refractivity contribution is -0.137. The summed E-state index contributed by atoms with van der Waals surface area (Å²) in [5, 5.41) is 6.49. The Bertz CT molecular complexity index is 692. The number of nitrogens with two attached hydrogens (primary N) is 1. The molecule has 0 atom stereocenters. The maximum atomic E-state index is 12.7. The number of nitrogens with one attached hydrogen (secondary N) is 1. The van der Waals surface area contributed by atoms with Crippen LogP contribution in [0.5, 0.6) is 0 Å². The Morgan fingerprint density at radius 2 is 1.96 bits per heavy atom. The van der Waals surface area contributed by atoms with Gasteiger partial charge in [-0.1, -0.05) is 6.07 Å². The number of hydrogen-bond donors (Lipinski definition) is 2. The fraction of sp³-hybridized carbons (Fsp3) is 0.286. The summed E-state index contributed by atoms with van der Waals surface area (Å²) in [5.41, 5.74) is 4.39. The predicted molar refractivity (Wildman–Crippen MR) is 82.7 cm³/mol. The first-order valence-electron chi connectivity index (χ1n) is 6.40. The lowest BCUT2D eigenvalue weighted by Gasteiger charge is -2.16. The van der Waals surface area contributed by atoms with Crippen molar-refractivity contribution in [2.45, 2.75) is 25.6 Å². The predicted octanol–water partition coefficient (Wildman–Crippen LogP) is 2.99. The second-order valence-electron chi connectivity index (χ2n) is 5.40. The van der Waals surface area contributed by atoms with E-state index in [1.54, 1.807) is 13.8 Å². The number of nitrogens with zero attached hydrogens (tertiary/aromatic N) is 2. The first-order valence-corrected chi connectivity index (χ1v) is 6.40. The van der Waals surface area contributed by atoms with Crippen molar-refractivity contribution >= 4 is 24.0 Å². The molecule has 0 saturated heterocycles. The standard InChI is InChI=1S/C14H15F3N4O.ClH/c1-13(2,18)12(22)20-10-7-19-21(8-10)11-5-3-4-9(6-11)14(15,16)17;/h3-8H,18H2,1-2H3,(H,20,22);1H. The molecule has 0 bridgehead atoms. The second kappa shape index (κ2) is 6.59. The van der Waals surface area contributed by atoms with Gasteiger partial charge in [0.15, 0.2) is 0 Å². The number of hydrogen-bond acceptors (Lipinski definition) is 3. The maximum Gasteiger partial charge on any atom is 0.416 e. The minimum Gasteiger partial charge on any atom is -0.322 e. The van der Waals surface area contributed by atoms with E-state index in [0.29, 0.717) is 5.69 Å². The topological polar surface area (TPSA) is 72.9 Å². The lowest BCUT2D eigenvalue weighted by Crippen LogP contribution is -2.45. The number of halogens is 4. The van der Waals surface area contributed by atoms with E-state index in [1.165, 1.54) is 29.2 Å². The van der Waals surface area contributed by atoms with Gasteiger partial charge in [-0.3, -0.25) is 4.79 Å². The Morgan fingerprint density at radius 1 is 1.30 bits per heavy atom. The van der Waals surface area contributed by atoms with Crippen molar-refractivity contribution in [3.05, 3.63) is 42.2 Å². The summed E-state index contributed by atoms with van der Waals surface area (Å²) in [4.78, 5) is 11.7. The lowest BCUT2D eigenvalue weighted by atomic mass is 10.1. The average molecular weight is 349 g/mol. The van der Waals surface area contributed by atoms with Gasteiger partial charge in [-0.05, 0) is 32.0 Å². The molecule has 0 radical (unpaired) electrons. The van der Waals surface area contributed by atoms with Crippen LogP contribution in [-0.2, 0) is 11.0 Å². The zero-order chi connectivity index (χ0) is 16.5. The summed E-state index contributed by atoms with van der Waals surface area (Å²) in [6, 6.07) is 4.74. The quantitative estimate of drug-likeness (QED) is 0.895. The van der Waals surface area contributed by atoms with E-state index in [-0.39, 0.29) is 18.1 Å². The van der Waals surface area contributed by atoms with Crippen molar-refractivity contribution in [2.24, 2.45) is 5.73 Å². The molecule has 0 unspecified atom stereocenters. The summed E-state index contributed by atoms with van der Waals surface area (Å²) >= 11 is 0. The molecule has 1 aromatic carbocycles. The number of amides is 1. The molecule has 23 heavy (non-hydrogen) atoms. The van der Waals surface area contributed by atoms with Gasteiger partial charge in [-0.25, -0.2) is 4.68 Å². The number of alkyl halides is 3. The van der Waals surface area contributed by atoms with E-state index in [4.69, 9.17) is 5.73 Å². The zero-order valence-corrected chi connectivity index (χ0v) is 13.2. The molecule has 9 heteroatoms. The normalized spacial score (nSPS) is 11.7. The Morgan fingerprint density at radius 3 is 2.52 bits per heavy atom. The molecular weight excluding hydrogens is 333 g/mol. The average Bonchev–Trinajstić information content (AvgIpc) is 2.85. The summed E-state index contributed by atoms with van der Waals surface area (Å²) in [6.45, 7) is 3.08. The van der Waals surface area contributed by atoms with Gasteiger partial charge in [0.05, 0.1) is 34.9 Å². The first-order chi connectivity index (χ1) is 10.1. The maximum absolute atomic E-state index is 12.7. The molecule has 0 saturated carbocycles. The highest BCUT2D eigenvalue weighted by Gasteiger charge is 2.30. The van der Waals surface area contributed by atoms with Crippen LogP contribution in [0.15, 0.2) is 36.7 Å². The van der Waals surface area contributed by atoms with E-state index >= 15 is 0 Å². The number of anilines is 1. The molecule has 0 fully saturated rings. The van der Waals surface area contributed by atoms with E-state index in [9.17, 15) is 18.0 Å². The smallest absolute Gasteiger partial charge is 0.322 e. The third-order valence-corrected chi connectivity index (χ3v) is 2.86. The monoisotopic (exact) mass is 348 g/mol. The summed E-state index contributed by atoms with van der Waals surface area (Å²) in [5.74, 6) is -0.420. The highest BCUT2D eigenvalue weighted by molar-refractivity contribution is 5.97. The van der Waals surface area contributed by atoms with Gasteiger partial charge in [-0.15, -0.1) is 12.4 Å². The van der Waals surface area contributed by atoms with Gasteiger partial charge in [0.1, 0.15) is 0 Å². The van der Waals surface area contributed by atoms with E-state index in [0.717, 1.165) is 12.1 Å². The highest BCUT2D eigenvalue weighted by atomic mass is 35.5. The Kier molecular flexibility index (Phi) is 5.44. The Balaban J connectivity index is 0.00000264. The van der Waals surface area contributed by atoms with Crippen LogP contribution in [0.4, 0.5) is 18.9 Å². The van der Waals surface area contributed by atoms with E-state index < -0.39 is 23.2 Å². The molecule has 1 amide bonds. The molecule has 1 aromatic heterocycles. The van der Waals surface area contributed by atoms with Crippen LogP contribution in [0.2, 0.25) is 0 Å². The van der Waals surface area contributed by atoms with Gasteiger partial charge >= 0.3 is 6.18 Å². The van der Waals surface area contributed by atoms with Crippen molar-refractivity contribution < 1.29 is 18.0 Å². The Hall–Kier alpha value is -2.06. The number of carbonyl (C=O) groups is 1. The Labute approximate surface area is 137 Å². The van der Waals surface area contributed by atoms with Crippen molar-refractivity contribution in [3.8, 4) is 5.69 Å². The molecule has 0 spiro atoms. The van der Waals surface area contributed by atoms with Crippen LogP contribution in [0.3, 0.4) is 0 Å². The van der Waals surface area contributed by atoms with Crippen molar-refractivity contribution in [3.63, 3.8) is 0 Å². The van der Waals surface area contributed by atoms with Gasteiger partial charge in [-0.2, -0.15) is 18.3 Å². The fourth-order valence-electron chi connectivity index (χ4n) is 1.65. The van der Waals surface area contributed by atoms with Gasteiger partial charge in [0, 0.05) is 0 Å². The van der Waals surface area contributed by atoms with Gasteiger partial charge in [0.25, 0.3) is 0 Å². The molecule has 0 aliphatic rings. The fourth-order valence-corrected chi connectivity index (χ4v) is 1.65. The van der Waals surface area contributed by atoms with E-state index in [1.807, 2.05) is 0 Å². The zero-order valence-electron chi connectivity index (χ0n) is 12.4. The number of rotatable bonds is 3. The number of carbonyl (C=O) groups excluding carboxylic acids is 1. The molecular formula is C14H16ClF3N4O. The van der Waals surface area contributed by atoms with Gasteiger partial charge < -0.3 is 11.1 Å². The number of benzene rings is 1. The molecule has 1 heterocycles. The van der Waals surface area contributed by atoms with Crippen molar-refractivity contribution in [1.29, 1.82) is 0 Å². The van der Waals surface area contributed by atoms with Gasteiger partial charge in [0.2, 0.25) is 5.91 Å². The summed E-state index contributed by atoms with van der Waals surface area (Å²) < 4.78 is 39.3. The molecule has 3 N–H and O–H groups in total. The molecule has 2 aromatic rings. The largest absolute Gasteiger partial charge is 0.416 e. The molecule has 0 aliphatic carbocycles. The summed E-state index contributed by atoms with van der Waals surface area (Å²) in [6.07, 6.45) is -1.67. The van der Waals surface area contributed by atoms with Crippen molar-refractivity contribution in [1.82, 2.24) is 9.78 Å². The van der Waals surface area contributed by atoms with Crippen LogP contribution in [0, 0.1) is 0 Å². The first kappa shape index (κ1) is 19.0. The minimum absolute atomic E-state index is 0. The third-order valence-electron chi connectivity index (χ3n) is 2.86. The van der Waals surface area contributed by atoms with Crippen LogP contribution >= 0.6 is 12.4 Å². The number of aromatic nitrogens is 2. The molecule has 126 valence electrons. The molecule has 2 rings (SSSR count). The van der Waals surface area contributed by atoms with Crippen molar-refractivity contribution in [2.75, 3.05) is 5.32 Å². The van der Waals surface area contributed by atoms with Crippen LogP contribution in [0.1, 0.15) is 19.4 Å². The molecule has 5 nitrogen and oxygen atoms in total. The molecule has 0 aliphatic heterocycles. The highest BCUT2D eigenvalue weighted by Crippen LogP contribution is 2.30. The third kappa shape index (κ3) is 4.70. The second-order valence-corrected chi connectivity index (χ2v) is 5.40. The van der Waals surface area contributed by atoms with E-state index in [2.05, 4.69) is 10.4 Å². The van der Waals surface area contributed by atoms with Crippen LogP contribution < -0.4 is 11.1 Å². The minimum atomic E-state index is -4.43. The summed E-state index contributed by atoms with van der Waals surface area (Å²) in [7, 11) is 0. The SMILES string of the molecule is CC(C)(N)C(=O)Nc1cnn(-c2cccc(C(F)(F)F)c2)c1.Cl.